The molecule has 3 nitrogen and oxygen atoms in total. The zero-order valence-corrected chi connectivity index (χ0v) is 15.5. The van der Waals surface area contributed by atoms with Crippen LogP contribution in [-0.4, -0.2) is 19.3 Å². The smallest absolute Gasteiger partial charge is 0.0851 e. The highest BCUT2D eigenvalue weighted by Gasteiger charge is 2.31. The van der Waals surface area contributed by atoms with Gasteiger partial charge in [0, 0.05) is 26.1 Å². The highest BCUT2D eigenvalue weighted by Crippen LogP contribution is 2.45. The van der Waals surface area contributed by atoms with Crippen molar-refractivity contribution in [2.75, 3.05) is 13.2 Å². The van der Waals surface area contributed by atoms with Crippen molar-refractivity contribution < 1.29 is 14.8 Å². The topological polar surface area (TPSA) is 46.1 Å². The summed E-state index contributed by atoms with van der Waals surface area (Å²) in [5.74, 6) is 0.895. The molecule has 0 aromatic rings. The lowest BCUT2D eigenvalue weighted by molar-refractivity contribution is -0.433. The summed E-state index contributed by atoms with van der Waals surface area (Å²) in [5.41, 5.74) is 2.43. The van der Waals surface area contributed by atoms with E-state index in [4.69, 9.17) is 33.1 Å². The van der Waals surface area contributed by atoms with E-state index < -0.39 is 5.69 Å². The first-order chi connectivity index (χ1) is 8.62. The van der Waals surface area contributed by atoms with Crippen molar-refractivity contribution >= 4 is 29.7 Å². The van der Waals surface area contributed by atoms with Crippen molar-refractivity contribution in [3.05, 3.63) is 0 Å². The summed E-state index contributed by atoms with van der Waals surface area (Å²) < 4.78 is 9.98. The van der Waals surface area contributed by atoms with Crippen LogP contribution in [0.2, 0.25) is 0 Å². The average molecular weight is 327 g/mol. The third-order valence-corrected chi connectivity index (χ3v) is 5.47. The minimum Gasteiger partial charge on any atom is -0.691 e. The molecule has 1 saturated carbocycles. The van der Waals surface area contributed by atoms with Gasteiger partial charge in [-0.25, -0.2) is 0 Å². The summed E-state index contributed by atoms with van der Waals surface area (Å²) in [6.45, 7) is 11.9. The second-order valence-electron chi connectivity index (χ2n) is 6.06. The van der Waals surface area contributed by atoms with E-state index in [1.165, 1.54) is 19.3 Å². The Morgan fingerprint density at radius 1 is 1.26 bits per heavy atom. The van der Waals surface area contributed by atoms with Gasteiger partial charge in [-0.2, -0.15) is 0 Å². The Bertz CT molecular complexity index is 278. The van der Waals surface area contributed by atoms with Gasteiger partial charge in [0.05, 0.1) is 11.7 Å². The van der Waals surface area contributed by atoms with Gasteiger partial charge in [0.25, 0.3) is 0 Å². The second-order valence-corrected chi connectivity index (χ2v) is 11.1. The maximum atomic E-state index is 4.99. The lowest BCUT2D eigenvalue weighted by Crippen LogP contribution is -2.64. The van der Waals surface area contributed by atoms with E-state index in [0.29, 0.717) is 24.7 Å². The molecule has 1 aliphatic carbocycles. The van der Waals surface area contributed by atoms with Crippen LogP contribution in [0.1, 0.15) is 53.9 Å². The number of hydrogen-bond donors (Lipinski definition) is 1. The van der Waals surface area contributed by atoms with Crippen LogP contribution in [0.3, 0.4) is 0 Å². The molecule has 0 aliphatic heterocycles. The number of rotatable bonds is 4. The van der Waals surface area contributed by atoms with E-state index in [1.807, 2.05) is 13.8 Å². The van der Waals surface area contributed by atoms with Gasteiger partial charge < -0.3 is 27.0 Å². The molecule has 0 radical (unpaired) electrons. The SMILES string of the molecule is CC1CC([NH3+])CC(C)(C)C1.CCOP(=S)([S-])OCC. The Morgan fingerprint density at radius 3 is 2.05 bits per heavy atom. The first-order valence-corrected chi connectivity index (χ1v) is 10.7. The lowest BCUT2D eigenvalue weighted by Gasteiger charge is -2.35. The number of quaternary nitrogens is 1. The fourth-order valence-electron chi connectivity index (χ4n) is 2.90. The summed E-state index contributed by atoms with van der Waals surface area (Å²) in [7, 11) is 0. The Balaban J connectivity index is 0.000000344. The van der Waals surface area contributed by atoms with Crippen molar-refractivity contribution in [1.82, 2.24) is 0 Å². The molecule has 1 aliphatic rings. The van der Waals surface area contributed by atoms with Crippen LogP contribution in [0.4, 0.5) is 0 Å². The van der Waals surface area contributed by atoms with E-state index in [-0.39, 0.29) is 0 Å². The molecule has 116 valence electrons. The van der Waals surface area contributed by atoms with Crippen molar-refractivity contribution in [3.8, 4) is 0 Å². The van der Waals surface area contributed by atoms with Crippen LogP contribution in [-0.2, 0) is 33.1 Å². The first-order valence-electron chi connectivity index (χ1n) is 7.05. The van der Waals surface area contributed by atoms with Crippen LogP contribution < -0.4 is 5.73 Å². The van der Waals surface area contributed by atoms with Gasteiger partial charge in [-0.05, 0) is 31.6 Å². The van der Waals surface area contributed by atoms with Gasteiger partial charge in [0.2, 0.25) is 0 Å². The summed E-state index contributed by atoms with van der Waals surface area (Å²) in [5, 5.41) is 0. The van der Waals surface area contributed by atoms with E-state index in [1.54, 1.807) is 0 Å². The van der Waals surface area contributed by atoms with Gasteiger partial charge in [-0.15, -0.1) is 0 Å². The van der Waals surface area contributed by atoms with Crippen LogP contribution in [0.25, 0.3) is 0 Å². The highest BCUT2D eigenvalue weighted by molar-refractivity contribution is 8.51. The van der Waals surface area contributed by atoms with Crippen molar-refractivity contribution in [3.63, 3.8) is 0 Å². The fraction of sp³-hybridized carbons (Fsp3) is 1.00. The molecule has 0 heterocycles. The van der Waals surface area contributed by atoms with Gasteiger partial charge in [0.1, 0.15) is 0 Å². The molecule has 0 spiro atoms. The Morgan fingerprint density at radius 2 is 1.74 bits per heavy atom. The minimum absolute atomic E-state index is 0.542. The Kier molecular flexibility index (Phi) is 9.43. The van der Waals surface area contributed by atoms with Crippen molar-refractivity contribution in [2.45, 2.75) is 59.9 Å². The number of hydrogen-bond acceptors (Lipinski definition) is 4. The summed E-state index contributed by atoms with van der Waals surface area (Å²) in [6, 6.07) is 0.707. The first kappa shape index (κ1) is 19.9. The average Bonchev–Trinajstić information content (AvgIpc) is 2.13. The Hall–Kier alpha value is 0.880. The van der Waals surface area contributed by atoms with Crippen molar-refractivity contribution in [2.24, 2.45) is 11.3 Å². The van der Waals surface area contributed by atoms with Gasteiger partial charge in [0.15, 0.2) is 0 Å². The standard InChI is InChI=1S/C9H19N.C4H11O2PS2/c1-7-4-8(10)6-9(2,3)5-7;1-3-5-7(8,9)6-4-2/h7-8H,4-6,10H2,1-3H3;3-4H2,1-2H3,(H,8,9). The maximum Gasteiger partial charge on any atom is 0.0851 e. The molecule has 0 amide bonds. The third-order valence-electron chi connectivity index (χ3n) is 3.05. The van der Waals surface area contributed by atoms with E-state index in [2.05, 4.69) is 26.5 Å². The predicted octanol–water partition coefficient (Wildman–Crippen LogP) is 3.27. The van der Waals surface area contributed by atoms with Crippen LogP contribution >= 0.6 is 5.69 Å². The van der Waals surface area contributed by atoms with E-state index in [0.717, 1.165) is 5.92 Å². The summed E-state index contributed by atoms with van der Waals surface area (Å²) >= 11 is 9.65. The summed E-state index contributed by atoms with van der Waals surface area (Å²) in [4.78, 5) is 0. The van der Waals surface area contributed by atoms with Crippen LogP contribution in [0, 0.1) is 11.3 Å². The molecule has 0 aromatic heterocycles. The van der Waals surface area contributed by atoms with Crippen LogP contribution in [0.5, 0.6) is 0 Å². The zero-order chi connectivity index (χ0) is 15.1. The van der Waals surface area contributed by atoms with E-state index >= 15 is 0 Å². The van der Waals surface area contributed by atoms with Crippen LogP contribution in [0.15, 0.2) is 0 Å². The minimum atomic E-state index is -2.28. The van der Waals surface area contributed by atoms with Gasteiger partial charge in [-0.3, -0.25) is 0 Å². The summed E-state index contributed by atoms with van der Waals surface area (Å²) in [6.07, 6.45) is 4.04. The van der Waals surface area contributed by atoms with Crippen molar-refractivity contribution in [1.29, 1.82) is 0 Å². The molecule has 6 heteroatoms. The predicted molar refractivity (Wildman–Crippen MR) is 88.4 cm³/mol. The highest BCUT2D eigenvalue weighted by atomic mass is 32.9. The molecule has 1 rings (SSSR count). The quantitative estimate of drug-likeness (QED) is 0.636. The van der Waals surface area contributed by atoms with E-state index in [9.17, 15) is 0 Å². The normalized spacial score (nSPS) is 26.5. The molecule has 2 unspecified atom stereocenters. The molecule has 2 atom stereocenters. The monoisotopic (exact) mass is 327 g/mol. The van der Waals surface area contributed by atoms with Gasteiger partial charge in [-0.1, -0.05) is 32.6 Å². The molecular formula is C13H30NO2PS2. The van der Waals surface area contributed by atoms with Gasteiger partial charge >= 0.3 is 0 Å². The maximum absolute atomic E-state index is 4.99. The molecule has 0 saturated heterocycles. The molecule has 3 N–H and O–H groups in total. The molecule has 0 bridgehead atoms. The zero-order valence-electron chi connectivity index (χ0n) is 13.0. The second kappa shape index (κ2) is 9.01. The fourth-order valence-corrected chi connectivity index (χ4v) is 4.87. The molecular weight excluding hydrogens is 297 g/mol. The molecule has 0 aromatic carbocycles. The Labute approximate surface area is 129 Å². The molecule has 19 heavy (non-hydrogen) atoms. The third kappa shape index (κ3) is 10.3. The molecule has 1 fully saturated rings. The largest absolute Gasteiger partial charge is 0.691 e. The lowest BCUT2D eigenvalue weighted by atomic mass is 9.71.